The van der Waals surface area contributed by atoms with Crippen molar-refractivity contribution < 1.29 is 0 Å². The van der Waals surface area contributed by atoms with Crippen molar-refractivity contribution in [1.29, 1.82) is 0 Å². The van der Waals surface area contributed by atoms with Gasteiger partial charge in [0.25, 0.3) is 0 Å². The highest BCUT2D eigenvalue weighted by Gasteiger charge is 2.27. The molecule has 1 fully saturated rings. The summed E-state index contributed by atoms with van der Waals surface area (Å²) in [4.78, 5) is 2.71. The number of unbranched alkanes of at least 4 members (excludes halogenated alkanes) is 10. The van der Waals surface area contributed by atoms with Gasteiger partial charge in [-0.3, -0.25) is 0 Å². The molecule has 0 aromatic heterocycles. The second-order valence-electron chi connectivity index (χ2n) is 9.88. The number of likely N-dealkylation sites (tertiary alicyclic amines) is 1. The zero-order valence-electron chi connectivity index (χ0n) is 21.1. The van der Waals surface area contributed by atoms with Crippen LogP contribution in [0.3, 0.4) is 0 Å². The monoisotopic (exact) mass is 413 g/mol. The SMILES string of the molecule is [B]C1CC(=C)C(=C(CCCCCC)CCCCCC)N(CCCCCCC)CC1C. The van der Waals surface area contributed by atoms with Crippen LogP contribution in [-0.4, -0.2) is 25.8 Å². The summed E-state index contributed by atoms with van der Waals surface area (Å²) in [7, 11) is 6.56. The number of hydrogen-bond acceptors (Lipinski definition) is 1. The van der Waals surface area contributed by atoms with Gasteiger partial charge < -0.3 is 4.90 Å². The van der Waals surface area contributed by atoms with E-state index < -0.39 is 0 Å². The maximum absolute atomic E-state index is 6.56. The van der Waals surface area contributed by atoms with Gasteiger partial charge >= 0.3 is 0 Å². The van der Waals surface area contributed by atoms with Crippen LogP contribution < -0.4 is 0 Å². The third-order valence-corrected chi connectivity index (χ3v) is 6.90. The second kappa shape index (κ2) is 17.0. The van der Waals surface area contributed by atoms with Crippen molar-refractivity contribution in [3.63, 3.8) is 0 Å². The predicted molar refractivity (Wildman–Crippen MR) is 137 cm³/mol. The van der Waals surface area contributed by atoms with E-state index in [0.717, 1.165) is 13.0 Å². The minimum Gasteiger partial charge on any atom is -0.371 e. The van der Waals surface area contributed by atoms with Crippen LogP contribution in [0.15, 0.2) is 23.4 Å². The van der Waals surface area contributed by atoms with Gasteiger partial charge in [0.15, 0.2) is 0 Å². The van der Waals surface area contributed by atoms with Crippen LogP contribution in [-0.2, 0) is 0 Å². The number of rotatable bonds is 16. The van der Waals surface area contributed by atoms with Gasteiger partial charge in [0.1, 0.15) is 0 Å². The van der Waals surface area contributed by atoms with E-state index in [1.807, 2.05) is 0 Å². The number of nitrogens with zero attached hydrogens (tertiary/aromatic N) is 1. The Labute approximate surface area is 191 Å². The van der Waals surface area contributed by atoms with Crippen molar-refractivity contribution in [2.75, 3.05) is 13.1 Å². The molecule has 2 heteroatoms. The van der Waals surface area contributed by atoms with Crippen LogP contribution in [0.4, 0.5) is 0 Å². The molecule has 2 atom stereocenters. The van der Waals surface area contributed by atoms with Gasteiger partial charge in [-0.2, -0.15) is 0 Å². The van der Waals surface area contributed by atoms with E-state index in [1.54, 1.807) is 5.57 Å². The van der Waals surface area contributed by atoms with Gasteiger partial charge in [-0.25, -0.2) is 0 Å². The van der Waals surface area contributed by atoms with Gasteiger partial charge in [0, 0.05) is 18.8 Å². The molecule has 0 aliphatic carbocycles. The molecule has 0 aromatic rings. The third kappa shape index (κ3) is 10.6. The quantitative estimate of drug-likeness (QED) is 0.180. The van der Waals surface area contributed by atoms with Gasteiger partial charge in [-0.15, -0.1) is 0 Å². The lowest BCUT2D eigenvalue weighted by molar-refractivity contribution is 0.296. The summed E-state index contributed by atoms with van der Waals surface area (Å²) in [5.41, 5.74) is 4.54. The van der Waals surface area contributed by atoms with Gasteiger partial charge in [0.05, 0.1) is 7.85 Å². The minimum atomic E-state index is 0.249. The Morgan fingerprint density at radius 3 is 1.87 bits per heavy atom. The van der Waals surface area contributed by atoms with Crippen LogP contribution in [0.5, 0.6) is 0 Å². The Morgan fingerprint density at radius 1 is 0.833 bits per heavy atom. The molecule has 2 radical (unpaired) electrons. The van der Waals surface area contributed by atoms with Crippen LogP contribution in [0, 0.1) is 5.92 Å². The zero-order valence-corrected chi connectivity index (χ0v) is 21.1. The lowest BCUT2D eigenvalue weighted by atomic mass is 9.74. The van der Waals surface area contributed by atoms with Crippen molar-refractivity contribution >= 4 is 7.85 Å². The normalized spacial score (nSPS) is 19.9. The van der Waals surface area contributed by atoms with E-state index in [2.05, 4.69) is 39.2 Å². The molecule has 1 aliphatic heterocycles. The van der Waals surface area contributed by atoms with Gasteiger partial charge in [0.2, 0.25) is 0 Å². The first kappa shape index (κ1) is 27.4. The second-order valence-corrected chi connectivity index (χ2v) is 9.88. The summed E-state index contributed by atoms with van der Waals surface area (Å²) in [6.07, 6.45) is 21.0. The smallest absolute Gasteiger partial charge is 0.0708 e. The fourth-order valence-electron chi connectivity index (χ4n) is 4.86. The van der Waals surface area contributed by atoms with Crippen molar-refractivity contribution in [2.45, 2.75) is 136 Å². The first-order valence-corrected chi connectivity index (χ1v) is 13.5. The largest absolute Gasteiger partial charge is 0.371 e. The molecule has 0 saturated carbocycles. The lowest BCUT2D eigenvalue weighted by Gasteiger charge is -2.31. The van der Waals surface area contributed by atoms with Crippen LogP contribution in [0.25, 0.3) is 0 Å². The minimum absolute atomic E-state index is 0.249. The number of hydrogen-bond donors (Lipinski definition) is 0. The molecule has 30 heavy (non-hydrogen) atoms. The van der Waals surface area contributed by atoms with E-state index in [-0.39, 0.29) is 5.82 Å². The first-order valence-electron chi connectivity index (χ1n) is 13.5. The van der Waals surface area contributed by atoms with Crippen LogP contribution in [0.1, 0.15) is 130 Å². The van der Waals surface area contributed by atoms with E-state index in [0.29, 0.717) is 5.92 Å². The van der Waals surface area contributed by atoms with Gasteiger partial charge in [-0.05, 0) is 55.6 Å². The Kier molecular flexibility index (Phi) is 15.5. The Morgan fingerprint density at radius 2 is 1.33 bits per heavy atom. The molecule has 1 aliphatic rings. The molecule has 1 saturated heterocycles. The highest BCUT2D eigenvalue weighted by atomic mass is 15.1. The molecule has 1 rings (SSSR count). The molecule has 0 spiro atoms. The summed E-state index contributed by atoms with van der Waals surface area (Å²) >= 11 is 0. The van der Waals surface area contributed by atoms with E-state index >= 15 is 0 Å². The van der Waals surface area contributed by atoms with Crippen molar-refractivity contribution in [2.24, 2.45) is 5.92 Å². The molecule has 0 aromatic carbocycles. The Bertz CT molecular complexity index is 467. The molecule has 1 nitrogen and oxygen atoms in total. The lowest BCUT2D eigenvalue weighted by Crippen LogP contribution is -2.29. The Hall–Kier alpha value is -0.655. The van der Waals surface area contributed by atoms with Crippen molar-refractivity contribution in [1.82, 2.24) is 4.90 Å². The average Bonchev–Trinajstić information content (AvgIpc) is 2.82. The molecule has 2 unspecified atom stereocenters. The standard InChI is InChI=1S/C28H52BN/c1-6-9-12-15-18-21-30-23-25(5)27(29)22-24(4)28(30)26(19-16-13-10-7-2)20-17-14-11-8-3/h25,27H,4,6-23H2,1-3,5H3. The van der Waals surface area contributed by atoms with E-state index in [1.165, 1.54) is 114 Å². The van der Waals surface area contributed by atoms with Crippen LogP contribution in [0.2, 0.25) is 5.82 Å². The maximum atomic E-state index is 6.56. The molecular formula is C28H52BN. The maximum Gasteiger partial charge on any atom is 0.0708 e. The molecular weight excluding hydrogens is 361 g/mol. The van der Waals surface area contributed by atoms with Crippen molar-refractivity contribution in [3.05, 3.63) is 23.4 Å². The fraction of sp³-hybridized carbons (Fsp3) is 0.857. The topological polar surface area (TPSA) is 3.24 Å². The van der Waals surface area contributed by atoms with Crippen molar-refractivity contribution in [3.8, 4) is 0 Å². The molecule has 0 amide bonds. The van der Waals surface area contributed by atoms with E-state index in [4.69, 9.17) is 7.85 Å². The van der Waals surface area contributed by atoms with E-state index in [9.17, 15) is 0 Å². The highest BCUT2D eigenvalue weighted by molar-refractivity contribution is 6.12. The molecule has 172 valence electrons. The molecule has 1 heterocycles. The highest BCUT2D eigenvalue weighted by Crippen LogP contribution is 2.37. The van der Waals surface area contributed by atoms with Gasteiger partial charge in [-0.1, -0.05) is 104 Å². The molecule has 0 N–H and O–H groups in total. The first-order chi connectivity index (χ1) is 14.5. The number of allylic oxidation sites excluding steroid dienone is 2. The average molecular weight is 414 g/mol. The summed E-state index contributed by atoms with van der Waals surface area (Å²) in [5.74, 6) is 0.787. The summed E-state index contributed by atoms with van der Waals surface area (Å²) in [5, 5.41) is 0. The fourth-order valence-corrected chi connectivity index (χ4v) is 4.86. The van der Waals surface area contributed by atoms with Crippen LogP contribution >= 0.6 is 0 Å². The third-order valence-electron chi connectivity index (χ3n) is 6.90. The summed E-state index contributed by atoms with van der Waals surface area (Å²) in [6, 6.07) is 0. The molecule has 0 bridgehead atoms. The Balaban J connectivity index is 3.00. The summed E-state index contributed by atoms with van der Waals surface area (Å²) in [6.45, 7) is 16.1. The summed E-state index contributed by atoms with van der Waals surface area (Å²) < 4.78 is 0. The predicted octanol–water partition coefficient (Wildman–Crippen LogP) is 9.01. The zero-order chi connectivity index (χ0) is 22.2.